The van der Waals surface area contributed by atoms with Crippen LogP contribution in [0.5, 0.6) is 0 Å². The normalized spacial score (nSPS) is 18.1. The zero-order chi connectivity index (χ0) is 19.6. The van der Waals surface area contributed by atoms with E-state index in [4.69, 9.17) is 0 Å². The van der Waals surface area contributed by atoms with Crippen LogP contribution in [0, 0.1) is 0 Å². The highest BCUT2D eigenvalue weighted by atomic mass is 32.2. The van der Waals surface area contributed by atoms with Crippen LogP contribution in [0.3, 0.4) is 0 Å². The first-order chi connectivity index (χ1) is 13.6. The number of aromatic nitrogens is 1. The molecule has 1 atom stereocenters. The number of fused-ring (bicyclic) bond motifs is 1. The van der Waals surface area contributed by atoms with Gasteiger partial charge in [0.2, 0.25) is 15.9 Å². The van der Waals surface area contributed by atoms with Crippen LogP contribution in [0.1, 0.15) is 19.3 Å². The van der Waals surface area contributed by atoms with E-state index in [1.54, 1.807) is 42.6 Å². The molecule has 0 aliphatic carbocycles. The fourth-order valence-electron chi connectivity index (χ4n) is 3.61. The molecule has 1 fully saturated rings. The van der Waals surface area contributed by atoms with Crippen molar-refractivity contribution in [3.05, 3.63) is 66.9 Å². The number of hydrogen-bond acceptors (Lipinski definition) is 4. The minimum atomic E-state index is -3.73. The lowest BCUT2D eigenvalue weighted by atomic mass is 10.0. The van der Waals surface area contributed by atoms with Crippen molar-refractivity contribution in [2.24, 2.45) is 0 Å². The first-order valence-electron chi connectivity index (χ1n) is 9.29. The molecule has 2 heterocycles. The maximum Gasteiger partial charge on any atom is 0.243 e. The number of carbonyl (C=O) groups is 1. The van der Waals surface area contributed by atoms with E-state index >= 15 is 0 Å². The molecular weight excluding hydrogens is 374 g/mol. The summed E-state index contributed by atoms with van der Waals surface area (Å²) in [6.45, 7) is 0.340. The van der Waals surface area contributed by atoms with Gasteiger partial charge in [-0.05, 0) is 49.2 Å². The molecule has 0 spiro atoms. The molecule has 1 amide bonds. The Morgan fingerprint density at radius 3 is 2.64 bits per heavy atom. The van der Waals surface area contributed by atoms with Gasteiger partial charge in [-0.2, -0.15) is 4.31 Å². The van der Waals surface area contributed by atoms with Crippen molar-refractivity contribution in [2.75, 3.05) is 11.9 Å². The summed E-state index contributed by atoms with van der Waals surface area (Å²) in [4.78, 5) is 17.6. The van der Waals surface area contributed by atoms with Gasteiger partial charge >= 0.3 is 0 Å². The van der Waals surface area contributed by atoms with Crippen molar-refractivity contribution < 1.29 is 13.2 Å². The standard InChI is InChI=1S/C21H21N3O3S/c25-21(23-19-12-6-11-18-17(19)10-7-14-22-18)20-13-4-5-15-24(20)28(26,27)16-8-2-1-3-9-16/h1-3,6-12,14,20H,4-5,13,15H2,(H,23,25). The fraction of sp³-hybridized carbons (Fsp3) is 0.238. The molecule has 1 aromatic heterocycles. The van der Waals surface area contributed by atoms with Gasteiger partial charge in [0.1, 0.15) is 6.04 Å². The monoisotopic (exact) mass is 395 g/mol. The number of benzene rings is 2. The predicted octanol–water partition coefficient (Wildman–Crippen LogP) is 3.42. The van der Waals surface area contributed by atoms with E-state index in [-0.39, 0.29) is 10.8 Å². The molecule has 0 radical (unpaired) electrons. The Bertz CT molecular complexity index is 1090. The largest absolute Gasteiger partial charge is 0.324 e. The predicted molar refractivity (Wildman–Crippen MR) is 108 cm³/mol. The Balaban J connectivity index is 1.63. The van der Waals surface area contributed by atoms with Crippen LogP contribution in [-0.2, 0) is 14.8 Å². The molecule has 2 aromatic carbocycles. The first-order valence-corrected chi connectivity index (χ1v) is 10.7. The number of hydrogen-bond donors (Lipinski definition) is 1. The smallest absolute Gasteiger partial charge is 0.243 e. The summed E-state index contributed by atoms with van der Waals surface area (Å²) in [7, 11) is -3.73. The molecule has 0 saturated carbocycles. The van der Waals surface area contributed by atoms with Crippen LogP contribution in [0.2, 0.25) is 0 Å². The van der Waals surface area contributed by atoms with Crippen LogP contribution in [0.15, 0.2) is 71.8 Å². The lowest BCUT2D eigenvalue weighted by molar-refractivity contribution is -0.120. The molecule has 28 heavy (non-hydrogen) atoms. The summed E-state index contributed by atoms with van der Waals surface area (Å²) in [5.41, 5.74) is 1.41. The summed E-state index contributed by atoms with van der Waals surface area (Å²) >= 11 is 0. The average molecular weight is 395 g/mol. The summed E-state index contributed by atoms with van der Waals surface area (Å²) in [5.74, 6) is -0.310. The number of nitrogens with zero attached hydrogens (tertiary/aromatic N) is 2. The zero-order valence-corrected chi connectivity index (χ0v) is 16.1. The lowest BCUT2D eigenvalue weighted by Crippen LogP contribution is -2.49. The molecule has 7 heteroatoms. The van der Waals surface area contributed by atoms with Crippen molar-refractivity contribution in [2.45, 2.75) is 30.2 Å². The van der Waals surface area contributed by atoms with Gasteiger partial charge in [0.05, 0.1) is 16.1 Å². The third kappa shape index (κ3) is 3.50. The molecule has 0 bridgehead atoms. The summed E-state index contributed by atoms with van der Waals surface area (Å²) in [6.07, 6.45) is 3.76. The van der Waals surface area contributed by atoms with Gasteiger partial charge in [-0.15, -0.1) is 0 Å². The first kappa shape index (κ1) is 18.6. The number of carbonyl (C=O) groups excluding carboxylic acids is 1. The number of amides is 1. The Kier molecular flexibility index (Phi) is 5.11. The van der Waals surface area contributed by atoms with Crippen molar-refractivity contribution in [1.82, 2.24) is 9.29 Å². The molecule has 1 aliphatic rings. The molecule has 4 rings (SSSR count). The minimum absolute atomic E-state index is 0.212. The number of piperidine rings is 1. The average Bonchev–Trinajstić information content (AvgIpc) is 2.74. The van der Waals surface area contributed by atoms with Crippen molar-refractivity contribution in [3.8, 4) is 0 Å². The van der Waals surface area contributed by atoms with E-state index in [2.05, 4.69) is 10.3 Å². The quantitative estimate of drug-likeness (QED) is 0.734. The van der Waals surface area contributed by atoms with Crippen molar-refractivity contribution in [3.63, 3.8) is 0 Å². The third-order valence-corrected chi connectivity index (χ3v) is 6.93. The summed E-state index contributed by atoms with van der Waals surface area (Å²) < 4.78 is 27.5. The lowest BCUT2D eigenvalue weighted by Gasteiger charge is -2.33. The van der Waals surface area contributed by atoms with Gasteiger partial charge in [0.25, 0.3) is 0 Å². The maximum atomic E-state index is 13.1. The van der Waals surface area contributed by atoms with Crippen LogP contribution in [0.25, 0.3) is 10.9 Å². The van der Waals surface area contributed by atoms with Gasteiger partial charge in [0, 0.05) is 18.1 Å². The Labute approximate surface area is 164 Å². The molecule has 3 aromatic rings. The Morgan fingerprint density at radius 1 is 1.00 bits per heavy atom. The second-order valence-corrected chi connectivity index (χ2v) is 8.70. The fourth-order valence-corrected chi connectivity index (χ4v) is 5.29. The number of rotatable bonds is 4. The van der Waals surface area contributed by atoms with Gasteiger partial charge in [0.15, 0.2) is 0 Å². The second-order valence-electron chi connectivity index (χ2n) is 6.81. The Morgan fingerprint density at radius 2 is 1.82 bits per heavy atom. The van der Waals surface area contributed by atoms with Crippen LogP contribution < -0.4 is 5.32 Å². The van der Waals surface area contributed by atoms with Crippen molar-refractivity contribution >= 4 is 32.5 Å². The number of anilines is 1. The number of pyridine rings is 1. The van der Waals surface area contributed by atoms with Gasteiger partial charge < -0.3 is 5.32 Å². The topological polar surface area (TPSA) is 79.4 Å². The van der Waals surface area contributed by atoms with Gasteiger partial charge in [-0.25, -0.2) is 8.42 Å². The summed E-state index contributed by atoms with van der Waals surface area (Å²) in [6, 6.07) is 16.7. The van der Waals surface area contributed by atoms with E-state index in [0.717, 1.165) is 23.7 Å². The van der Waals surface area contributed by atoms with Gasteiger partial charge in [-0.3, -0.25) is 9.78 Å². The van der Waals surface area contributed by atoms with E-state index in [9.17, 15) is 13.2 Å². The zero-order valence-electron chi connectivity index (χ0n) is 15.3. The number of sulfonamides is 1. The van der Waals surface area contributed by atoms with Gasteiger partial charge in [-0.1, -0.05) is 30.7 Å². The van der Waals surface area contributed by atoms with E-state index in [1.807, 2.05) is 24.3 Å². The van der Waals surface area contributed by atoms with E-state index < -0.39 is 16.1 Å². The molecule has 144 valence electrons. The molecular formula is C21H21N3O3S. The van der Waals surface area contributed by atoms with Crippen LogP contribution in [-0.4, -0.2) is 36.2 Å². The van der Waals surface area contributed by atoms with Crippen molar-refractivity contribution in [1.29, 1.82) is 0 Å². The van der Waals surface area contributed by atoms with E-state index in [1.165, 1.54) is 4.31 Å². The Hall–Kier alpha value is -2.77. The maximum absolute atomic E-state index is 13.1. The highest BCUT2D eigenvalue weighted by molar-refractivity contribution is 7.89. The molecule has 1 aliphatic heterocycles. The van der Waals surface area contributed by atoms with E-state index in [0.29, 0.717) is 18.7 Å². The van der Waals surface area contributed by atoms with Crippen LogP contribution >= 0.6 is 0 Å². The molecule has 1 N–H and O–H groups in total. The minimum Gasteiger partial charge on any atom is -0.324 e. The SMILES string of the molecule is O=C(Nc1cccc2ncccc12)C1CCCCN1S(=O)(=O)c1ccccc1. The highest BCUT2D eigenvalue weighted by Gasteiger charge is 2.37. The van der Waals surface area contributed by atoms with Crippen LogP contribution in [0.4, 0.5) is 5.69 Å². The molecule has 1 saturated heterocycles. The molecule has 6 nitrogen and oxygen atoms in total. The summed E-state index contributed by atoms with van der Waals surface area (Å²) in [5, 5.41) is 3.75. The highest BCUT2D eigenvalue weighted by Crippen LogP contribution is 2.27. The molecule has 1 unspecified atom stereocenters. The third-order valence-electron chi connectivity index (χ3n) is 5.01. The second kappa shape index (κ2) is 7.69. The number of nitrogens with one attached hydrogen (secondary N) is 1.